The van der Waals surface area contributed by atoms with Gasteiger partial charge in [-0.15, -0.1) is 0 Å². The lowest BCUT2D eigenvalue weighted by Gasteiger charge is -2.31. The van der Waals surface area contributed by atoms with E-state index in [-0.39, 0.29) is 11.9 Å². The van der Waals surface area contributed by atoms with Crippen LogP contribution >= 0.6 is 0 Å². The van der Waals surface area contributed by atoms with Gasteiger partial charge in [0.25, 0.3) is 5.91 Å². The molecule has 1 aromatic heterocycles. The van der Waals surface area contributed by atoms with Crippen molar-refractivity contribution in [1.82, 2.24) is 24.9 Å². The van der Waals surface area contributed by atoms with Crippen molar-refractivity contribution in [2.45, 2.75) is 32.2 Å². The lowest BCUT2D eigenvalue weighted by Crippen LogP contribution is -2.41. The fourth-order valence-corrected chi connectivity index (χ4v) is 4.20. The Morgan fingerprint density at radius 2 is 1.96 bits per heavy atom. The van der Waals surface area contributed by atoms with Crippen LogP contribution in [0.15, 0.2) is 18.2 Å². The van der Waals surface area contributed by atoms with E-state index < -0.39 is 0 Å². The molecule has 0 aliphatic carbocycles. The minimum Gasteiger partial charge on any atom is -0.338 e. The first kappa shape index (κ1) is 18.7. The van der Waals surface area contributed by atoms with Crippen molar-refractivity contribution < 1.29 is 9.59 Å². The van der Waals surface area contributed by atoms with Crippen molar-refractivity contribution in [1.29, 1.82) is 0 Å². The van der Waals surface area contributed by atoms with Gasteiger partial charge in [0.2, 0.25) is 0 Å². The Bertz CT molecular complexity index is 884. The number of nitrogens with one attached hydrogen (secondary N) is 2. The van der Waals surface area contributed by atoms with Gasteiger partial charge in [-0.2, -0.15) is 5.10 Å². The molecule has 28 heavy (non-hydrogen) atoms. The summed E-state index contributed by atoms with van der Waals surface area (Å²) in [5, 5.41) is 11.0. The highest BCUT2D eigenvalue weighted by atomic mass is 16.2. The molecule has 0 radical (unpaired) electrons. The van der Waals surface area contributed by atoms with E-state index in [1.54, 1.807) is 4.68 Å². The number of amides is 3. The summed E-state index contributed by atoms with van der Waals surface area (Å²) in [5.41, 5.74) is 2.02. The summed E-state index contributed by atoms with van der Waals surface area (Å²) >= 11 is 0. The zero-order valence-corrected chi connectivity index (χ0v) is 16.6. The molecule has 5 rings (SSSR count). The molecule has 0 spiro atoms. The molecule has 3 saturated heterocycles. The molecule has 8 heteroatoms. The van der Waals surface area contributed by atoms with Crippen LogP contribution in [-0.4, -0.2) is 70.3 Å². The molecule has 3 amide bonds. The first-order chi connectivity index (χ1) is 13.6. The van der Waals surface area contributed by atoms with Crippen molar-refractivity contribution in [2.75, 3.05) is 38.0 Å². The van der Waals surface area contributed by atoms with Gasteiger partial charge in [0.15, 0.2) is 5.69 Å². The predicted molar refractivity (Wildman–Crippen MR) is 109 cm³/mol. The van der Waals surface area contributed by atoms with Crippen LogP contribution in [0.3, 0.4) is 0 Å². The molecule has 2 bridgehead atoms. The third kappa shape index (κ3) is 3.56. The van der Waals surface area contributed by atoms with E-state index >= 15 is 0 Å². The highest BCUT2D eigenvalue weighted by molar-refractivity contribution is 6.06. The Kier molecular flexibility index (Phi) is 5.21. The minimum absolute atomic E-state index is 0.0146. The fraction of sp³-hybridized carbons (Fsp3) is 0.550. The zero-order chi connectivity index (χ0) is 19.7. The SMILES string of the molecule is CCCNC(=O)Nc1ccc2c(C(=O)N3CCN4CCC3CC4)nn(C)c2c1. The number of nitrogens with zero attached hydrogens (tertiary/aromatic N) is 4. The second-order valence-corrected chi connectivity index (χ2v) is 7.66. The highest BCUT2D eigenvalue weighted by Crippen LogP contribution is 2.27. The molecule has 0 atom stereocenters. The average molecular weight is 384 g/mol. The number of aromatic nitrogens is 2. The number of hydrogen-bond acceptors (Lipinski definition) is 4. The fourth-order valence-electron chi connectivity index (χ4n) is 4.20. The second kappa shape index (κ2) is 7.79. The Morgan fingerprint density at radius 1 is 1.18 bits per heavy atom. The molecule has 2 aromatic rings. The van der Waals surface area contributed by atoms with Crippen LogP contribution in [0.1, 0.15) is 36.7 Å². The van der Waals surface area contributed by atoms with Crippen molar-refractivity contribution in [3.05, 3.63) is 23.9 Å². The molecule has 1 aromatic carbocycles. The van der Waals surface area contributed by atoms with Crippen LogP contribution in [0.5, 0.6) is 0 Å². The number of hydrogen-bond donors (Lipinski definition) is 2. The molecule has 3 fully saturated rings. The number of piperidine rings is 1. The molecule has 0 unspecified atom stereocenters. The first-order valence-electron chi connectivity index (χ1n) is 10.1. The van der Waals surface area contributed by atoms with E-state index in [9.17, 15) is 9.59 Å². The number of rotatable bonds is 4. The van der Waals surface area contributed by atoms with E-state index in [1.807, 2.05) is 37.1 Å². The summed E-state index contributed by atoms with van der Waals surface area (Å²) in [6.07, 6.45) is 2.96. The molecule has 2 N–H and O–H groups in total. The number of urea groups is 1. The minimum atomic E-state index is -0.227. The van der Waals surface area contributed by atoms with Gasteiger partial charge in [-0.25, -0.2) is 4.79 Å². The maximum atomic E-state index is 13.3. The maximum Gasteiger partial charge on any atom is 0.319 e. The van der Waals surface area contributed by atoms with E-state index in [2.05, 4.69) is 20.6 Å². The van der Waals surface area contributed by atoms with Crippen molar-refractivity contribution >= 4 is 28.5 Å². The van der Waals surface area contributed by atoms with Crippen molar-refractivity contribution in [2.24, 2.45) is 7.05 Å². The summed E-state index contributed by atoms with van der Waals surface area (Å²) in [7, 11) is 1.83. The van der Waals surface area contributed by atoms with Crippen LogP contribution in [0.25, 0.3) is 10.9 Å². The van der Waals surface area contributed by atoms with Gasteiger partial charge < -0.3 is 20.4 Å². The summed E-state index contributed by atoms with van der Waals surface area (Å²) in [6, 6.07) is 5.65. The quantitative estimate of drug-likeness (QED) is 0.845. The summed E-state index contributed by atoms with van der Waals surface area (Å²) in [5.74, 6) is 0.0146. The predicted octanol–water partition coefficient (Wildman–Crippen LogP) is 2.02. The van der Waals surface area contributed by atoms with Gasteiger partial charge in [0.1, 0.15) is 0 Å². The lowest BCUT2D eigenvalue weighted by molar-refractivity contribution is 0.0680. The molecule has 4 heterocycles. The first-order valence-corrected chi connectivity index (χ1v) is 10.1. The van der Waals surface area contributed by atoms with E-state index in [0.717, 1.165) is 56.3 Å². The Morgan fingerprint density at radius 3 is 2.71 bits per heavy atom. The third-order valence-electron chi connectivity index (χ3n) is 5.76. The van der Waals surface area contributed by atoms with Crippen LogP contribution in [-0.2, 0) is 7.05 Å². The number of carbonyl (C=O) groups excluding carboxylic acids is 2. The zero-order valence-electron chi connectivity index (χ0n) is 16.6. The molecular weight excluding hydrogens is 356 g/mol. The normalized spacial score (nSPS) is 21.6. The largest absolute Gasteiger partial charge is 0.338 e. The van der Waals surface area contributed by atoms with E-state index in [0.29, 0.717) is 24.0 Å². The smallest absolute Gasteiger partial charge is 0.319 e. The topological polar surface area (TPSA) is 82.5 Å². The van der Waals surface area contributed by atoms with Gasteiger partial charge in [-0.3, -0.25) is 9.48 Å². The standard InChI is InChI=1S/C20H28N6O2/c1-3-8-21-20(28)22-14-4-5-16-17(13-14)24(2)23-18(16)19(27)26-12-11-25-9-6-15(26)7-10-25/h4-5,13,15H,3,6-12H2,1-2H3,(H2,21,22,28). The summed E-state index contributed by atoms with van der Waals surface area (Å²) in [6.45, 7) is 6.49. The Labute approximate surface area is 164 Å². The number of fused-ring (bicyclic) bond motifs is 5. The third-order valence-corrected chi connectivity index (χ3v) is 5.76. The molecule has 150 valence electrons. The molecule has 0 saturated carbocycles. The molecule has 3 aliphatic heterocycles. The van der Waals surface area contributed by atoms with E-state index in [4.69, 9.17) is 0 Å². The summed E-state index contributed by atoms with van der Waals surface area (Å²) < 4.78 is 1.72. The highest BCUT2D eigenvalue weighted by Gasteiger charge is 2.34. The number of benzene rings is 1. The summed E-state index contributed by atoms with van der Waals surface area (Å²) in [4.78, 5) is 29.7. The Hall–Kier alpha value is -2.61. The monoisotopic (exact) mass is 384 g/mol. The van der Waals surface area contributed by atoms with Gasteiger partial charge >= 0.3 is 6.03 Å². The molecule has 3 aliphatic rings. The van der Waals surface area contributed by atoms with Crippen LogP contribution in [0.4, 0.5) is 10.5 Å². The maximum absolute atomic E-state index is 13.3. The number of anilines is 1. The van der Waals surface area contributed by atoms with Crippen LogP contribution in [0.2, 0.25) is 0 Å². The van der Waals surface area contributed by atoms with Crippen LogP contribution in [0, 0.1) is 0 Å². The van der Waals surface area contributed by atoms with Gasteiger partial charge in [-0.1, -0.05) is 6.92 Å². The van der Waals surface area contributed by atoms with Crippen molar-refractivity contribution in [3.8, 4) is 0 Å². The van der Waals surface area contributed by atoms with E-state index in [1.165, 1.54) is 0 Å². The van der Waals surface area contributed by atoms with Crippen LogP contribution < -0.4 is 10.6 Å². The number of carbonyl (C=O) groups is 2. The second-order valence-electron chi connectivity index (χ2n) is 7.66. The Balaban J connectivity index is 1.58. The number of aryl methyl sites for hydroxylation is 1. The molecular formula is C20H28N6O2. The van der Waals surface area contributed by atoms with Crippen molar-refractivity contribution in [3.63, 3.8) is 0 Å². The lowest BCUT2D eigenvalue weighted by atomic mass is 10.0. The molecule has 8 nitrogen and oxygen atoms in total. The van der Waals surface area contributed by atoms with Gasteiger partial charge in [-0.05, 0) is 37.5 Å². The average Bonchev–Trinajstić information content (AvgIpc) is 2.85. The van der Waals surface area contributed by atoms with Gasteiger partial charge in [0, 0.05) is 56.9 Å². The van der Waals surface area contributed by atoms with Gasteiger partial charge in [0.05, 0.1) is 5.52 Å².